The molecule has 2 aromatic carbocycles. The van der Waals surface area contributed by atoms with Crippen LogP contribution in [-0.2, 0) is 0 Å². The normalized spacial score (nSPS) is 11.1. The van der Waals surface area contributed by atoms with Gasteiger partial charge in [0.1, 0.15) is 11.5 Å². The van der Waals surface area contributed by atoms with Gasteiger partial charge in [-0.25, -0.2) is 4.79 Å². The van der Waals surface area contributed by atoms with Gasteiger partial charge in [0, 0.05) is 12.4 Å². The zero-order valence-electron chi connectivity index (χ0n) is 23.6. The van der Waals surface area contributed by atoms with Crippen molar-refractivity contribution >= 4 is 17.3 Å². The van der Waals surface area contributed by atoms with Gasteiger partial charge in [0.25, 0.3) is 0 Å². The number of nitrogens with zero attached hydrogens (tertiary/aromatic N) is 3. The van der Waals surface area contributed by atoms with Crippen LogP contribution in [0.3, 0.4) is 0 Å². The Labute approximate surface area is 233 Å². The smallest absolute Gasteiger partial charge is 0.343 e. The van der Waals surface area contributed by atoms with Crippen molar-refractivity contribution in [2.45, 2.75) is 90.9 Å². The molecular weight excluding hydrogens is 486 g/mol. The van der Waals surface area contributed by atoms with Gasteiger partial charge in [-0.2, -0.15) is 10.2 Å². The maximum Gasteiger partial charge on any atom is 0.343 e. The molecule has 0 aliphatic rings. The zero-order valence-corrected chi connectivity index (χ0v) is 23.6. The van der Waals surface area contributed by atoms with Crippen molar-refractivity contribution in [2.24, 2.45) is 10.2 Å². The predicted molar refractivity (Wildman–Crippen MR) is 158 cm³/mol. The molecule has 0 N–H and O–H groups in total. The minimum atomic E-state index is -0.409. The number of hydrogen-bond donors (Lipinski definition) is 0. The van der Waals surface area contributed by atoms with E-state index in [1.807, 2.05) is 19.1 Å². The van der Waals surface area contributed by atoms with Crippen molar-refractivity contribution in [1.29, 1.82) is 0 Å². The van der Waals surface area contributed by atoms with Crippen LogP contribution < -0.4 is 9.47 Å². The van der Waals surface area contributed by atoms with Crippen LogP contribution >= 0.6 is 0 Å². The van der Waals surface area contributed by atoms with E-state index in [0.29, 0.717) is 23.6 Å². The summed E-state index contributed by atoms with van der Waals surface area (Å²) in [7, 11) is 0. The summed E-state index contributed by atoms with van der Waals surface area (Å²) in [5.74, 6) is 0.829. The molecule has 0 amide bonds. The third-order valence-corrected chi connectivity index (χ3v) is 6.67. The van der Waals surface area contributed by atoms with Gasteiger partial charge in [0.2, 0.25) is 0 Å². The lowest BCUT2D eigenvalue weighted by Gasteiger charge is -2.08. The Hall–Kier alpha value is -3.54. The van der Waals surface area contributed by atoms with E-state index in [-0.39, 0.29) is 0 Å². The molecule has 6 heteroatoms. The highest BCUT2D eigenvalue weighted by molar-refractivity contribution is 5.91. The summed E-state index contributed by atoms with van der Waals surface area (Å²) in [5, 5.41) is 8.48. The van der Waals surface area contributed by atoms with Gasteiger partial charge in [-0.3, -0.25) is 4.98 Å². The second-order valence-corrected chi connectivity index (χ2v) is 10.0. The Morgan fingerprint density at radius 1 is 0.718 bits per heavy atom. The number of carbonyl (C=O) groups excluding carboxylic acids is 1. The summed E-state index contributed by atoms with van der Waals surface area (Å²) >= 11 is 0. The second-order valence-electron chi connectivity index (χ2n) is 10.0. The average Bonchev–Trinajstić information content (AvgIpc) is 2.96. The number of ether oxygens (including phenoxy) is 2. The van der Waals surface area contributed by atoms with Crippen molar-refractivity contribution < 1.29 is 14.3 Å². The summed E-state index contributed by atoms with van der Waals surface area (Å²) in [6.45, 7) is 4.87. The standard InChI is InChI=1S/C33H43N3O3/c1-3-4-5-6-7-8-9-10-11-12-13-14-25-38-30-17-15-28(16-18-30)33(37)39-31-19-20-32(27(2)26-31)36-35-29-21-23-34-24-22-29/h15-24,26H,3-14,25H2,1-2H3. The summed E-state index contributed by atoms with van der Waals surface area (Å²) in [5.41, 5.74) is 2.77. The maximum atomic E-state index is 12.6. The highest BCUT2D eigenvalue weighted by Crippen LogP contribution is 2.26. The molecule has 3 aromatic rings. The molecule has 208 valence electrons. The molecule has 0 bridgehead atoms. The Kier molecular flexibility index (Phi) is 13.8. The van der Waals surface area contributed by atoms with Gasteiger partial charge in [-0.15, -0.1) is 0 Å². The van der Waals surface area contributed by atoms with E-state index < -0.39 is 5.97 Å². The van der Waals surface area contributed by atoms with E-state index in [9.17, 15) is 4.79 Å². The third-order valence-electron chi connectivity index (χ3n) is 6.67. The summed E-state index contributed by atoms with van der Waals surface area (Å²) in [6, 6.07) is 16.0. The zero-order chi connectivity index (χ0) is 27.5. The number of pyridine rings is 1. The Morgan fingerprint density at radius 3 is 1.92 bits per heavy atom. The first-order valence-corrected chi connectivity index (χ1v) is 14.5. The van der Waals surface area contributed by atoms with Gasteiger partial charge in [0.15, 0.2) is 0 Å². The van der Waals surface area contributed by atoms with Crippen LogP contribution in [0.2, 0.25) is 0 Å². The Balaban J connectivity index is 1.31. The number of unbranched alkanes of at least 4 members (excludes halogenated alkanes) is 11. The van der Waals surface area contributed by atoms with Crippen LogP contribution in [-0.4, -0.2) is 17.6 Å². The SMILES string of the molecule is CCCCCCCCCCCCCCOc1ccc(C(=O)Oc2ccc(N=Nc3ccncc3)c(C)c2)cc1. The van der Waals surface area contributed by atoms with Gasteiger partial charge in [-0.1, -0.05) is 77.6 Å². The molecule has 1 aromatic heterocycles. The van der Waals surface area contributed by atoms with E-state index in [1.54, 1.807) is 54.9 Å². The minimum Gasteiger partial charge on any atom is -0.494 e. The molecule has 0 spiro atoms. The lowest BCUT2D eigenvalue weighted by Crippen LogP contribution is -2.08. The summed E-state index contributed by atoms with van der Waals surface area (Å²) in [6.07, 6.45) is 19.2. The van der Waals surface area contributed by atoms with Crippen LogP contribution in [0.25, 0.3) is 0 Å². The fraction of sp³-hybridized carbons (Fsp3) is 0.455. The molecule has 39 heavy (non-hydrogen) atoms. The Morgan fingerprint density at radius 2 is 1.31 bits per heavy atom. The second kappa shape index (κ2) is 17.9. The Bertz CT molecular complexity index is 1130. The van der Waals surface area contributed by atoms with Crippen molar-refractivity contribution in [3.63, 3.8) is 0 Å². The molecule has 1 heterocycles. The number of hydrogen-bond acceptors (Lipinski definition) is 6. The predicted octanol–water partition coefficient (Wildman–Crippen LogP) is 10.1. The minimum absolute atomic E-state index is 0.409. The summed E-state index contributed by atoms with van der Waals surface area (Å²) < 4.78 is 11.4. The monoisotopic (exact) mass is 529 g/mol. The number of azo groups is 1. The maximum absolute atomic E-state index is 12.6. The third kappa shape index (κ3) is 11.8. The molecule has 0 saturated heterocycles. The fourth-order valence-electron chi connectivity index (χ4n) is 4.31. The first-order chi connectivity index (χ1) is 19.2. The van der Waals surface area contributed by atoms with Gasteiger partial charge < -0.3 is 9.47 Å². The number of benzene rings is 2. The number of aromatic nitrogens is 1. The topological polar surface area (TPSA) is 73.1 Å². The molecule has 0 atom stereocenters. The van der Waals surface area contributed by atoms with Crippen molar-refractivity contribution in [1.82, 2.24) is 4.98 Å². The highest BCUT2D eigenvalue weighted by atomic mass is 16.5. The van der Waals surface area contributed by atoms with E-state index in [4.69, 9.17) is 9.47 Å². The van der Waals surface area contributed by atoms with Gasteiger partial charge in [0.05, 0.1) is 23.5 Å². The quantitative estimate of drug-likeness (QED) is 0.0711. The van der Waals surface area contributed by atoms with Crippen molar-refractivity contribution in [2.75, 3.05) is 6.61 Å². The lowest BCUT2D eigenvalue weighted by atomic mass is 10.1. The van der Waals surface area contributed by atoms with E-state index in [1.165, 1.54) is 70.6 Å². The number of aryl methyl sites for hydroxylation is 1. The van der Waals surface area contributed by atoms with Crippen LogP contribution in [0, 0.1) is 6.92 Å². The van der Waals surface area contributed by atoms with Crippen molar-refractivity contribution in [3.05, 3.63) is 78.1 Å². The highest BCUT2D eigenvalue weighted by Gasteiger charge is 2.10. The van der Waals surface area contributed by atoms with E-state index >= 15 is 0 Å². The molecule has 0 unspecified atom stereocenters. The fourth-order valence-corrected chi connectivity index (χ4v) is 4.31. The van der Waals surface area contributed by atoms with Crippen LogP contribution in [0.1, 0.15) is 99.9 Å². The van der Waals surface area contributed by atoms with Crippen LogP contribution in [0.15, 0.2) is 77.2 Å². The number of rotatable bonds is 18. The number of esters is 1. The largest absolute Gasteiger partial charge is 0.494 e. The van der Waals surface area contributed by atoms with E-state index in [2.05, 4.69) is 22.1 Å². The molecule has 0 fully saturated rings. The van der Waals surface area contributed by atoms with Gasteiger partial charge in [-0.05, 0) is 73.5 Å². The molecule has 0 saturated carbocycles. The number of carbonyl (C=O) groups is 1. The first-order valence-electron chi connectivity index (χ1n) is 14.5. The van der Waals surface area contributed by atoms with E-state index in [0.717, 1.165) is 23.4 Å². The van der Waals surface area contributed by atoms with Crippen LogP contribution in [0.4, 0.5) is 11.4 Å². The van der Waals surface area contributed by atoms with Crippen molar-refractivity contribution in [3.8, 4) is 11.5 Å². The molecular formula is C33H43N3O3. The molecule has 0 aliphatic heterocycles. The average molecular weight is 530 g/mol. The first kappa shape index (κ1) is 30.0. The summed E-state index contributed by atoms with van der Waals surface area (Å²) in [4.78, 5) is 16.6. The van der Waals surface area contributed by atoms with Gasteiger partial charge >= 0.3 is 5.97 Å². The molecule has 0 radical (unpaired) electrons. The lowest BCUT2D eigenvalue weighted by molar-refractivity contribution is 0.0734. The molecule has 6 nitrogen and oxygen atoms in total. The molecule has 0 aliphatic carbocycles. The molecule has 3 rings (SSSR count). The van der Waals surface area contributed by atoms with Crippen LogP contribution in [0.5, 0.6) is 11.5 Å².